The average Bonchev–Trinajstić information content (AvgIpc) is 3.37. The Morgan fingerprint density at radius 2 is 1.79 bits per heavy atom. The van der Waals surface area contributed by atoms with Crippen molar-refractivity contribution in [3.8, 4) is 0 Å². The van der Waals surface area contributed by atoms with Crippen molar-refractivity contribution < 1.29 is 4.92 Å². The summed E-state index contributed by atoms with van der Waals surface area (Å²) in [5.74, 6) is 1.84. The lowest BCUT2D eigenvalue weighted by molar-refractivity contribution is -0.384. The van der Waals surface area contributed by atoms with E-state index in [4.69, 9.17) is 0 Å². The molecular formula is C24H21BrN2O2. The highest BCUT2D eigenvalue weighted by molar-refractivity contribution is 9.10. The third-order valence-corrected chi connectivity index (χ3v) is 7.70. The maximum absolute atomic E-state index is 11.4. The zero-order valence-electron chi connectivity index (χ0n) is 15.9. The summed E-state index contributed by atoms with van der Waals surface area (Å²) in [6, 6.07) is 12.1. The van der Waals surface area contributed by atoms with Crippen LogP contribution in [0.3, 0.4) is 0 Å². The second-order valence-corrected chi connectivity index (χ2v) is 9.60. The minimum absolute atomic E-state index is 0.170. The van der Waals surface area contributed by atoms with Gasteiger partial charge in [-0.1, -0.05) is 52.4 Å². The summed E-state index contributed by atoms with van der Waals surface area (Å²) in [5, 5.41) is 11.4. The SMILES string of the molecule is O=[N+]([O-])c1cccc([C@H]2[C@@H]3CC=C[C@@H]3c3cc(Br)cc4c3N2C[C@H]2CC=C[C@H]42)c1. The lowest BCUT2D eigenvalue weighted by Crippen LogP contribution is -2.46. The number of benzene rings is 2. The van der Waals surface area contributed by atoms with Gasteiger partial charge in [0.1, 0.15) is 0 Å². The highest BCUT2D eigenvalue weighted by Crippen LogP contribution is 2.59. The minimum atomic E-state index is -0.277. The summed E-state index contributed by atoms with van der Waals surface area (Å²) in [6.07, 6.45) is 11.5. The van der Waals surface area contributed by atoms with Gasteiger partial charge in [-0.25, -0.2) is 0 Å². The smallest absolute Gasteiger partial charge is 0.269 e. The van der Waals surface area contributed by atoms with Crippen molar-refractivity contribution in [1.29, 1.82) is 0 Å². The molecule has 29 heavy (non-hydrogen) atoms. The Kier molecular flexibility index (Phi) is 3.79. The van der Waals surface area contributed by atoms with E-state index >= 15 is 0 Å². The molecule has 0 spiro atoms. The van der Waals surface area contributed by atoms with E-state index in [1.54, 1.807) is 12.1 Å². The molecule has 2 aliphatic heterocycles. The van der Waals surface area contributed by atoms with E-state index in [0.29, 0.717) is 23.7 Å². The largest absolute Gasteiger partial charge is 0.363 e. The molecule has 0 fully saturated rings. The van der Waals surface area contributed by atoms with E-state index in [-0.39, 0.29) is 16.7 Å². The zero-order chi connectivity index (χ0) is 19.7. The maximum atomic E-state index is 11.4. The van der Waals surface area contributed by atoms with Crippen LogP contribution in [0.1, 0.15) is 47.4 Å². The van der Waals surface area contributed by atoms with Crippen molar-refractivity contribution in [2.24, 2.45) is 11.8 Å². The number of allylic oxidation sites excluding steroid dienone is 4. The van der Waals surface area contributed by atoms with Crippen molar-refractivity contribution in [3.05, 3.63) is 92.0 Å². The Morgan fingerprint density at radius 1 is 1.03 bits per heavy atom. The van der Waals surface area contributed by atoms with Crippen LogP contribution >= 0.6 is 15.9 Å². The van der Waals surface area contributed by atoms with Crippen molar-refractivity contribution in [1.82, 2.24) is 0 Å². The molecule has 2 heterocycles. The minimum Gasteiger partial charge on any atom is -0.363 e. The van der Waals surface area contributed by atoms with E-state index in [0.717, 1.165) is 29.4 Å². The van der Waals surface area contributed by atoms with Gasteiger partial charge < -0.3 is 4.90 Å². The van der Waals surface area contributed by atoms with Gasteiger partial charge in [-0.15, -0.1) is 0 Å². The Labute approximate surface area is 178 Å². The average molecular weight is 449 g/mol. The number of anilines is 1. The Hall–Kier alpha value is -2.40. The molecule has 0 unspecified atom stereocenters. The number of nitro benzene ring substituents is 1. The molecule has 0 saturated carbocycles. The molecule has 6 rings (SSSR count). The molecule has 0 amide bonds. The maximum Gasteiger partial charge on any atom is 0.269 e. The molecule has 4 nitrogen and oxygen atoms in total. The standard InChI is InChI=1S/C24H21BrN2O2/c25-16-11-21-18-7-2-5-15(18)13-26-23(14-4-1-6-17(10-14)27(28)29)20-9-3-8-19(20)22(12-16)24(21)26/h1-4,6-8,10-12,15,18-20,23H,5,9,13H2/t15-,18+,19+,20-,23+/m1/s1. The zero-order valence-corrected chi connectivity index (χ0v) is 17.5. The summed E-state index contributed by atoms with van der Waals surface area (Å²) in [5.41, 5.74) is 5.44. The van der Waals surface area contributed by atoms with Gasteiger partial charge in [0.2, 0.25) is 0 Å². The van der Waals surface area contributed by atoms with Gasteiger partial charge in [0, 0.05) is 40.7 Å². The van der Waals surface area contributed by atoms with E-state index < -0.39 is 0 Å². The fraction of sp³-hybridized carbons (Fsp3) is 0.333. The second kappa shape index (κ2) is 6.30. The first-order valence-electron chi connectivity index (χ1n) is 10.3. The summed E-state index contributed by atoms with van der Waals surface area (Å²) >= 11 is 3.76. The molecule has 0 aromatic heterocycles. The molecular weight excluding hydrogens is 428 g/mol. The van der Waals surface area contributed by atoms with Gasteiger partial charge in [0.05, 0.1) is 11.0 Å². The predicted octanol–water partition coefficient (Wildman–Crippen LogP) is 6.25. The van der Waals surface area contributed by atoms with E-state index in [1.807, 2.05) is 6.07 Å². The van der Waals surface area contributed by atoms with Gasteiger partial charge in [0.15, 0.2) is 0 Å². The molecule has 0 saturated heterocycles. The number of nitrogens with zero attached hydrogens (tertiary/aromatic N) is 2. The van der Waals surface area contributed by atoms with Crippen LogP contribution in [0, 0.1) is 22.0 Å². The van der Waals surface area contributed by atoms with Gasteiger partial charge in [0.25, 0.3) is 5.69 Å². The van der Waals surface area contributed by atoms with Crippen LogP contribution in [0.25, 0.3) is 0 Å². The lowest BCUT2D eigenvalue weighted by atomic mass is 9.70. The van der Waals surface area contributed by atoms with Crippen LogP contribution in [0.2, 0.25) is 0 Å². The van der Waals surface area contributed by atoms with Crippen molar-refractivity contribution >= 4 is 27.3 Å². The summed E-state index contributed by atoms with van der Waals surface area (Å²) in [4.78, 5) is 13.7. The second-order valence-electron chi connectivity index (χ2n) is 8.69. The Morgan fingerprint density at radius 3 is 2.62 bits per heavy atom. The van der Waals surface area contributed by atoms with E-state index in [9.17, 15) is 10.1 Å². The fourth-order valence-corrected chi connectivity index (χ4v) is 6.63. The third-order valence-electron chi connectivity index (χ3n) is 7.24. The molecule has 4 aliphatic rings. The molecule has 2 aliphatic carbocycles. The fourth-order valence-electron chi connectivity index (χ4n) is 6.14. The first-order chi connectivity index (χ1) is 14.1. The first-order valence-corrected chi connectivity index (χ1v) is 11.1. The summed E-state index contributed by atoms with van der Waals surface area (Å²) in [6.45, 7) is 1.01. The number of nitro groups is 1. The number of halogens is 1. The lowest BCUT2D eigenvalue weighted by Gasteiger charge is -2.51. The third kappa shape index (κ3) is 2.49. The van der Waals surface area contributed by atoms with E-state index in [2.05, 4.69) is 63.3 Å². The topological polar surface area (TPSA) is 46.4 Å². The molecule has 0 N–H and O–H groups in total. The number of rotatable bonds is 2. The molecule has 2 aromatic rings. The van der Waals surface area contributed by atoms with Crippen molar-refractivity contribution in [2.45, 2.75) is 30.7 Å². The monoisotopic (exact) mass is 448 g/mol. The quantitative estimate of drug-likeness (QED) is 0.309. The highest BCUT2D eigenvalue weighted by Gasteiger charge is 2.47. The van der Waals surface area contributed by atoms with Crippen LogP contribution in [-0.2, 0) is 0 Å². The highest BCUT2D eigenvalue weighted by atomic mass is 79.9. The normalized spacial score (nSPS) is 30.8. The molecule has 5 atom stereocenters. The summed E-state index contributed by atoms with van der Waals surface area (Å²) < 4.78 is 1.15. The molecule has 5 heteroatoms. The van der Waals surface area contributed by atoms with Crippen LogP contribution in [0.15, 0.2) is 65.2 Å². The van der Waals surface area contributed by atoms with Gasteiger partial charge in [-0.05, 0) is 53.5 Å². The first kappa shape index (κ1) is 17.5. The van der Waals surface area contributed by atoms with Gasteiger partial charge in [-0.2, -0.15) is 0 Å². The van der Waals surface area contributed by atoms with Gasteiger partial charge >= 0.3 is 0 Å². The number of fused-ring (bicyclic) bond motifs is 4. The summed E-state index contributed by atoms with van der Waals surface area (Å²) in [7, 11) is 0. The Bertz CT molecular complexity index is 1080. The van der Waals surface area contributed by atoms with Gasteiger partial charge in [-0.3, -0.25) is 10.1 Å². The van der Waals surface area contributed by atoms with Crippen molar-refractivity contribution in [3.63, 3.8) is 0 Å². The Balaban J connectivity index is 1.57. The number of non-ortho nitro benzene ring substituents is 1. The predicted molar refractivity (Wildman–Crippen MR) is 117 cm³/mol. The molecule has 0 radical (unpaired) electrons. The number of hydrogen-bond donors (Lipinski definition) is 0. The van der Waals surface area contributed by atoms with Crippen LogP contribution in [0.5, 0.6) is 0 Å². The molecule has 0 bridgehead atoms. The molecule has 146 valence electrons. The van der Waals surface area contributed by atoms with Crippen LogP contribution in [-0.4, -0.2) is 11.5 Å². The van der Waals surface area contributed by atoms with E-state index in [1.165, 1.54) is 16.8 Å². The number of hydrogen-bond acceptors (Lipinski definition) is 3. The van der Waals surface area contributed by atoms with Crippen LogP contribution < -0.4 is 4.90 Å². The molecule has 2 aromatic carbocycles. The van der Waals surface area contributed by atoms with Crippen molar-refractivity contribution in [2.75, 3.05) is 11.4 Å². The van der Waals surface area contributed by atoms with Crippen LogP contribution in [0.4, 0.5) is 11.4 Å².